The molecule has 1 rings (SSSR count). The molecule has 0 saturated heterocycles. The predicted molar refractivity (Wildman–Crippen MR) is 59.8 cm³/mol. The van der Waals surface area contributed by atoms with Gasteiger partial charge in [-0.2, -0.15) is 0 Å². The molecular weight excluding hydrogens is 156 g/mol. The Hall–Kier alpha value is -0.520. The highest BCUT2D eigenvalue weighted by molar-refractivity contribution is 5.40. The van der Waals surface area contributed by atoms with Crippen molar-refractivity contribution in [1.29, 1.82) is 0 Å². The molecule has 0 nitrogen and oxygen atoms in total. The summed E-state index contributed by atoms with van der Waals surface area (Å²) in [5.41, 5.74) is 6.42. The predicted octanol–water partition coefficient (Wildman–Crippen LogP) is 4.48. The van der Waals surface area contributed by atoms with Crippen molar-refractivity contribution in [2.24, 2.45) is 5.92 Å². The lowest BCUT2D eigenvalue weighted by atomic mass is 9.89. The van der Waals surface area contributed by atoms with Crippen molar-refractivity contribution in [1.82, 2.24) is 0 Å². The number of rotatable bonds is 2. The molecular formula is C13H22. The fourth-order valence-corrected chi connectivity index (χ4v) is 2.49. The molecule has 0 radical (unpaired) electrons. The molecule has 0 aromatic rings. The molecule has 0 aromatic carbocycles. The topological polar surface area (TPSA) is 0 Å². The van der Waals surface area contributed by atoms with Crippen LogP contribution in [0, 0.1) is 5.92 Å². The lowest BCUT2D eigenvalue weighted by Gasteiger charge is -2.16. The van der Waals surface area contributed by atoms with Gasteiger partial charge in [0, 0.05) is 0 Å². The quantitative estimate of drug-likeness (QED) is 0.585. The van der Waals surface area contributed by atoms with Crippen LogP contribution in [0.3, 0.4) is 0 Å². The van der Waals surface area contributed by atoms with Gasteiger partial charge >= 0.3 is 0 Å². The summed E-state index contributed by atoms with van der Waals surface area (Å²) in [5, 5.41) is 0. The molecule has 13 heavy (non-hydrogen) atoms. The van der Waals surface area contributed by atoms with Crippen LogP contribution in [-0.2, 0) is 0 Å². The molecule has 74 valence electrons. The molecule has 0 atom stereocenters. The van der Waals surface area contributed by atoms with Gasteiger partial charge in [0.1, 0.15) is 0 Å². The maximum atomic E-state index is 2.31. The van der Waals surface area contributed by atoms with Crippen LogP contribution in [0.1, 0.15) is 53.9 Å². The zero-order chi connectivity index (χ0) is 10.0. The Balaban J connectivity index is 3.03. The van der Waals surface area contributed by atoms with Crippen LogP contribution in [0.4, 0.5) is 0 Å². The van der Waals surface area contributed by atoms with Gasteiger partial charge < -0.3 is 0 Å². The second-order valence-corrected chi connectivity index (χ2v) is 4.68. The van der Waals surface area contributed by atoms with Gasteiger partial charge in [0.2, 0.25) is 0 Å². The summed E-state index contributed by atoms with van der Waals surface area (Å²) in [6.07, 6.45) is 3.99. The van der Waals surface area contributed by atoms with E-state index in [9.17, 15) is 0 Å². The van der Waals surface area contributed by atoms with Crippen molar-refractivity contribution in [3.05, 3.63) is 22.3 Å². The summed E-state index contributed by atoms with van der Waals surface area (Å²) in [5.74, 6) is 0.688. The zero-order valence-electron chi connectivity index (χ0n) is 9.70. The SMILES string of the molecule is CC(C)=C(C1=C(C)CCC1)C(C)C. The molecule has 0 aliphatic heterocycles. The van der Waals surface area contributed by atoms with E-state index in [1.807, 2.05) is 0 Å². The molecule has 0 unspecified atom stereocenters. The summed E-state index contributed by atoms with van der Waals surface area (Å²) in [7, 11) is 0. The zero-order valence-corrected chi connectivity index (χ0v) is 9.70. The summed E-state index contributed by atoms with van der Waals surface area (Å²) < 4.78 is 0. The monoisotopic (exact) mass is 178 g/mol. The molecule has 0 heterocycles. The standard InChI is InChI=1S/C13H22/c1-9(2)13(10(3)4)12-8-6-7-11(12)5/h9H,6-8H2,1-5H3. The van der Waals surface area contributed by atoms with Gasteiger partial charge in [-0.15, -0.1) is 0 Å². The second-order valence-electron chi connectivity index (χ2n) is 4.68. The molecule has 0 amide bonds. The van der Waals surface area contributed by atoms with Gasteiger partial charge in [-0.25, -0.2) is 0 Å². The van der Waals surface area contributed by atoms with E-state index in [1.54, 1.807) is 16.7 Å². The lowest BCUT2D eigenvalue weighted by molar-refractivity contribution is 0.751. The maximum Gasteiger partial charge on any atom is -0.0217 e. The Bertz CT molecular complexity index is 247. The Kier molecular flexibility index (Phi) is 3.35. The molecule has 0 heteroatoms. The van der Waals surface area contributed by atoms with Gasteiger partial charge in [-0.3, -0.25) is 0 Å². The summed E-state index contributed by atoms with van der Waals surface area (Å²) in [4.78, 5) is 0. The molecule has 0 N–H and O–H groups in total. The van der Waals surface area contributed by atoms with Crippen molar-refractivity contribution in [3.8, 4) is 0 Å². The van der Waals surface area contributed by atoms with Gasteiger partial charge in [0.05, 0.1) is 0 Å². The first-order valence-corrected chi connectivity index (χ1v) is 5.40. The minimum absolute atomic E-state index is 0.688. The third-order valence-corrected chi connectivity index (χ3v) is 2.93. The Labute approximate surface area is 82.7 Å². The highest BCUT2D eigenvalue weighted by Crippen LogP contribution is 2.35. The van der Waals surface area contributed by atoms with E-state index in [1.165, 1.54) is 24.8 Å². The third-order valence-electron chi connectivity index (χ3n) is 2.93. The highest BCUT2D eigenvalue weighted by atomic mass is 14.2. The van der Waals surface area contributed by atoms with E-state index < -0.39 is 0 Å². The van der Waals surface area contributed by atoms with Crippen LogP contribution < -0.4 is 0 Å². The first-order valence-electron chi connectivity index (χ1n) is 5.40. The first kappa shape index (κ1) is 10.6. The Morgan fingerprint density at radius 2 is 1.77 bits per heavy atom. The second kappa shape index (κ2) is 4.13. The number of hydrogen-bond donors (Lipinski definition) is 0. The fraction of sp³-hybridized carbons (Fsp3) is 0.692. The van der Waals surface area contributed by atoms with Gasteiger partial charge in [-0.1, -0.05) is 25.0 Å². The van der Waals surface area contributed by atoms with Gasteiger partial charge in [0.15, 0.2) is 0 Å². The third kappa shape index (κ3) is 2.24. The Morgan fingerprint density at radius 3 is 2.08 bits per heavy atom. The maximum absolute atomic E-state index is 2.31. The van der Waals surface area contributed by atoms with Crippen molar-refractivity contribution in [2.75, 3.05) is 0 Å². The molecule has 0 spiro atoms. The van der Waals surface area contributed by atoms with E-state index in [2.05, 4.69) is 34.6 Å². The van der Waals surface area contributed by atoms with Crippen molar-refractivity contribution in [2.45, 2.75) is 53.9 Å². The Morgan fingerprint density at radius 1 is 1.15 bits per heavy atom. The van der Waals surface area contributed by atoms with Crippen LogP contribution in [0.15, 0.2) is 22.3 Å². The molecule has 0 fully saturated rings. The largest absolute Gasteiger partial charge is 0.0727 e. The smallest absolute Gasteiger partial charge is 0.0217 e. The highest BCUT2D eigenvalue weighted by Gasteiger charge is 2.17. The lowest BCUT2D eigenvalue weighted by Crippen LogP contribution is -2.00. The van der Waals surface area contributed by atoms with E-state index in [0.29, 0.717) is 5.92 Å². The molecule has 1 aliphatic carbocycles. The summed E-state index contributed by atoms with van der Waals surface area (Å²) in [6, 6.07) is 0. The van der Waals surface area contributed by atoms with Crippen LogP contribution in [0.5, 0.6) is 0 Å². The van der Waals surface area contributed by atoms with Crippen molar-refractivity contribution in [3.63, 3.8) is 0 Å². The summed E-state index contributed by atoms with van der Waals surface area (Å²) in [6.45, 7) is 11.4. The molecule has 0 aromatic heterocycles. The van der Waals surface area contributed by atoms with E-state index in [-0.39, 0.29) is 0 Å². The molecule has 0 saturated carbocycles. The first-order chi connectivity index (χ1) is 6.04. The fourth-order valence-electron chi connectivity index (χ4n) is 2.49. The molecule has 0 bridgehead atoms. The van der Waals surface area contributed by atoms with Crippen LogP contribution in [-0.4, -0.2) is 0 Å². The van der Waals surface area contributed by atoms with E-state index in [0.717, 1.165) is 0 Å². The normalized spacial score (nSPS) is 17.1. The minimum atomic E-state index is 0.688. The summed E-state index contributed by atoms with van der Waals surface area (Å²) >= 11 is 0. The number of allylic oxidation sites excluding steroid dienone is 4. The average Bonchev–Trinajstić information content (AvgIpc) is 2.35. The van der Waals surface area contributed by atoms with Gasteiger partial charge in [0.25, 0.3) is 0 Å². The van der Waals surface area contributed by atoms with Crippen molar-refractivity contribution >= 4 is 0 Å². The average molecular weight is 178 g/mol. The van der Waals surface area contributed by atoms with Gasteiger partial charge in [-0.05, 0) is 57.1 Å². The van der Waals surface area contributed by atoms with E-state index >= 15 is 0 Å². The van der Waals surface area contributed by atoms with Crippen molar-refractivity contribution < 1.29 is 0 Å². The van der Waals surface area contributed by atoms with Crippen LogP contribution >= 0.6 is 0 Å². The molecule has 1 aliphatic rings. The van der Waals surface area contributed by atoms with Crippen LogP contribution in [0.25, 0.3) is 0 Å². The minimum Gasteiger partial charge on any atom is -0.0727 e. The van der Waals surface area contributed by atoms with E-state index in [4.69, 9.17) is 0 Å². The number of hydrogen-bond acceptors (Lipinski definition) is 0. The van der Waals surface area contributed by atoms with Crippen LogP contribution in [0.2, 0.25) is 0 Å².